The molecule has 4 aromatic rings. The zero-order chi connectivity index (χ0) is 20.1. The summed E-state index contributed by atoms with van der Waals surface area (Å²) in [5.74, 6) is 1.51. The molecule has 0 saturated heterocycles. The number of ether oxygens (including phenoxy) is 1. The third-order valence-corrected chi connectivity index (χ3v) is 4.63. The monoisotopic (exact) mass is 445 g/mol. The predicted octanol–water partition coefficient (Wildman–Crippen LogP) is 5.95. The summed E-state index contributed by atoms with van der Waals surface area (Å²) < 4.78 is 6.72. The van der Waals surface area contributed by atoms with Gasteiger partial charge in [0.2, 0.25) is 5.88 Å². The van der Waals surface area contributed by atoms with E-state index in [2.05, 4.69) is 31.2 Å². The Morgan fingerprint density at radius 2 is 1.59 bits per heavy atom. The van der Waals surface area contributed by atoms with E-state index in [-0.39, 0.29) is 5.91 Å². The van der Waals surface area contributed by atoms with Gasteiger partial charge in [0, 0.05) is 33.6 Å². The first-order valence-corrected chi connectivity index (χ1v) is 9.70. The van der Waals surface area contributed by atoms with Gasteiger partial charge in [-0.2, -0.15) is 4.98 Å². The van der Waals surface area contributed by atoms with Gasteiger partial charge in [0.1, 0.15) is 5.75 Å². The van der Waals surface area contributed by atoms with Gasteiger partial charge in [-0.1, -0.05) is 46.3 Å². The topological polar surface area (TPSA) is 64.1 Å². The number of halogens is 1. The van der Waals surface area contributed by atoms with E-state index in [0.29, 0.717) is 23.0 Å². The lowest BCUT2D eigenvalue weighted by molar-refractivity contribution is 0.102. The molecular weight excluding hydrogens is 430 g/mol. The summed E-state index contributed by atoms with van der Waals surface area (Å²) in [5, 5.41) is 2.87. The Bertz CT molecular complexity index is 1110. The van der Waals surface area contributed by atoms with Crippen molar-refractivity contribution in [1.82, 2.24) is 9.97 Å². The van der Waals surface area contributed by atoms with Crippen LogP contribution in [0.2, 0.25) is 0 Å². The molecule has 1 N–H and O–H groups in total. The molecule has 4 rings (SSSR count). The third kappa shape index (κ3) is 4.86. The van der Waals surface area contributed by atoms with Crippen LogP contribution in [-0.4, -0.2) is 15.9 Å². The van der Waals surface area contributed by atoms with E-state index < -0.39 is 0 Å². The number of para-hydroxylation sites is 1. The summed E-state index contributed by atoms with van der Waals surface area (Å²) >= 11 is 3.38. The van der Waals surface area contributed by atoms with E-state index in [1.54, 1.807) is 24.4 Å². The van der Waals surface area contributed by atoms with Crippen molar-refractivity contribution in [2.75, 3.05) is 5.32 Å². The van der Waals surface area contributed by atoms with Gasteiger partial charge in [0.05, 0.1) is 0 Å². The second-order valence-electron chi connectivity index (χ2n) is 6.17. The number of amides is 1. The van der Waals surface area contributed by atoms with E-state index in [0.717, 1.165) is 15.7 Å². The van der Waals surface area contributed by atoms with Crippen LogP contribution in [0.3, 0.4) is 0 Å². The van der Waals surface area contributed by atoms with Crippen LogP contribution >= 0.6 is 15.9 Å². The molecule has 0 aliphatic heterocycles. The first-order chi connectivity index (χ1) is 14.2. The van der Waals surface area contributed by atoms with E-state index >= 15 is 0 Å². The molecule has 0 aliphatic rings. The molecule has 0 unspecified atom stereocenters. The van der Waals surface area contributed by atoms with E-state index in [4.69, 9.17) is 4.74 Å². The van der Waals surface area contributed by atoms with Crippen LogP contribution in [0.25, 0.3) is 11.4 Å². The molecule has 0 atom stereocenters. The Morgan fingerprint density at radius 1 is 0.862 bits per heavy atom. The standard InChI is InChI=1S/C23H16BrN3O2/c24-18-10-12-19(13-11-18)26-23(28)17-8-6-16(7-9-17)22-25-15-14-21(27-22)29-20-4-2-1-3-5-20/h1-15H,(H,26,28). The minimum atomic E-state index is -0.180. The van der Waals surface area contributed by atoms with Gasteiger partial charge < -0.3 is 10.1 Å². The first kappa shape index (κ1) is 18.8. The summed E-state index contributed by atoms with van der Waals surface area (Å²) in [5.41, 5.74) is 2.08. The second-order valence-corrected chi connectivity index (χ2v) is 7.09. The number of nitrogens with one attached hydrogen (secondary N) is 1. The van der Waals surface area contributed by atoms with Crippen molar-refractivity contribution in [2.45, 2.75) is 0 Å². The Hall–Kier alpha value is -3.51. The summed E-state index contributed by atoms with van der Waals surface area (Å²) in [4.78, 5) is 21.2. The Balaban J connectivity index is 1.48. The molecule has 0 saturated carbocycles. The number of hydrogen-bond donors (Lipinski definition) is 1. The van der Waals surface area contributed by atoms with Gasteiger partial charge in [-0.3, -0.25) is 4.79 Å². The highest BCUT2D eigenvalue weighted by molar-refractivity contribution is 9.10. The smallest absolute Gasteiger partial charge is 0.255 e. The van der Waals surface area contributed by atoms with Gasteiger partial charge >= 0.3 is 0 Å². The average molecular weight is 446 g/mol. The van der Waals surface area contributed by atoms with Gasteiger partial charge in [-0.15, -0.1) is 0 Å². The highest BCUT2D eigenvalue weighted by Gasteiger charge is 2.09. The van der Waals surface area contributed by atoms with Crippen LogP contribution in [0, 0.1) is 0 Å². The summed E-state index contributed by atoms with van der Waals surface area (Å²) in [6, 6.07) is 25.7. The molecule has 0 fully saturated rings. The van der Waals surface area contributed by atoms with Gasteiger partial charge in [0.25, 0.3) is 5.91 Å². The number of hydrogen-bond acceptors (Lipinski definition) is 4. The first-order valence-electron chi connectivity index (χ1n) is 8.91. The lowest BCUT2D eigenvalue weighted by Gasteiger charge is -2.08. The molecule has 142 valence electrons. The fraction of sp³-hybridized carbons (Fsp3) is 0. The average Bonchev–Trinajstić information content (AvgIpc) is 2.76. The lowest BCUT2D eigenvalue weighted by atomic mass is 10.1. The fourth-order valence-electron chi connectivity index (χ4n) is 2.65. The van der Waals surface area contributed by atoms with Crippen LogP contribution in [-0.2, 0) is 0 Å². The number of nitrogens with zero attached hydrogens (tertiary/aromatic N) is 2. The maximum absolute atomic E-state index is 12.4. The molecule has 29 heavy (non-hydrogen) atoms. The van der Waals surface area contributed by atoms with Crippen molar-refractivity contribution in [3.8, 4) is 23.0 Å². The highest BCUT2D eigenvalue weighted by Crippen LogP contribution is 2.22. The normalized spacial score (nSPS) is 10.4. The van der Waals surface area contributed by atoms with Gasteiger partial charge in [-0.05, 0) is 48.5 Å². The highest BCUT2D eigenvalue weighted by atomic mass is 79.9. The third-order valence-electron chi connectivity index (χ3n) is 4.10. The predicted molar refractivity (Wildman–Crippen MR) is 116 cm³/mol. The quantitative estimate of drug-likeness (QED) is 0.412. The maximum Gasteiger partial charge on any atom is 0.255 e. The fourth-order valence-corrected chi connectivity index (χ4v) is 2.92. The lowest BCUT2D eigenvalue weighted by Crippen LogP contribution is -2.11. The molecule has 0 radical (unpaired) electrons. The van der Waals surface area contributed by atoms with Crippen LogP contribution in [0.1, 0.15) is 10.4 Å². The minimum Gasteiger partial charge on any atom is -0.439 e. The Kier molecular flexibility index (Phi) is 5.63. The SMILES string of the molecule is O=C(Nc1ccc(Br)cc1)c1ccc(-c2nccc(Oc3ccccc3)n2)cc1. The minimum absolute atomic E-state index is 0.180. The van der Waals surface area contributed by atoms with Crippen molar-refractivity contribution in [3.63, 3.8) is 0 Å². The number of carbonyl (C=O) groups is 1. The summed E-state index contributed by atoms with van der Waals surface area (Å²) in [6.45, 7) is 0. The zero-order valence-corrected chi connectivity index (χ0v) is 16.8. The van der Waals surface area contributed by atoms with E-state index in [1.807, 2.05) is 66.7 Å². The molecule has 0 aliphatic carbocycles. The van der Waals surface area contributed by atoms with Crippen LogP contribution in [0.5, 0.6) is 11.6 Å². The Labute approximate surface area is 176 Å². The molecule has 6 heteroatoms. The molecular formula is C23H16BrN3O2. The zero-order valence-electron chi connectivity index (χ0n) is 15.2. The van der Waals surface area contributed by atoms with Crippen molar-refractivity contribution in [1.29, 1.82) is 0 Å². The number of carbonyl (C=O) groups excluding carboxylic acids is 1. The van der Waals surface area contributed by atoms with Crippen LogP contribution in [0.15, 0.2) is 95.6 Å². The molecule has 1 amide bonds. The second kappa shape index (κ2) is 8.67. The largest absolute Gasteiger partial charge is 0.439 e. The Morgan fingerprint density at radius 3 is 2.31 bits per heavy atom. The number of aromatic nitrogens is 2. The summed E-state index contributed by atoms with van der Waals surface area (Å²) in [7, 11) is 0. The van der Waals surface area contributed by atoms with E-state index in [1.165, 1.54) is 0 Å². The molecule has 1 heterocycles. The van der Waals surface area contributed by atoms with Crippen LogP contribution < -0.4 is 10.1 Å². The van der Waals surface area contributed by atoms with Crippen molar-refractivity contribution in [2.24, 2.45) is 0 Å². The van der Waals surface area contributed by atoms with Gasteiger partial charge in [0.15, 0.2) is 5.82 Å². The molecule has 3 aromatic carbocycles. The number of rotatable bonds is 5. The summed E-state index contributed by atoms with van der Waals surface area (Å²) in [6.07, 6.45) is 1.65. The molecule has 0 bridgehead atoms. The molecule has 1 aromatic heterocycles. The number of benzene rings is 3. The number of anilines is 1. The molecule has 0 spiro atoms. The van der Waals surface area contributed by atoms with Crippen molar-refractivity contribution < 1.29 is 9.53 Å². The van der Waals surface area contributed by atoms with Crippen molar-refractivity contribution in [3.05, 3.63) is 101 Å². The van der Waals surface area contributed by atoms with Gasteiger partial charge in [-0.25, -0.2) is 4.98 Å². The van der Waals surface area contributed by atoms with Crippen molar-refractivity contribution >= 4 is 27.5 Å². The molecule has 5 nitrogen and oxygen atoms in total. The maximum atomic E-state index is 12.4. The van der Waals surface area contributed by atoms with E-state index in [9.17, 15) is 4.79 Å². The van der Waals surface area contributed by atoms with Crippen LogP contribution in [0.4, 0.5) is 5.69 Å².